The van der Waals surface area contributed by atoms with Gasteiger partial charge in [0, 0.05) is 42.7 Å². The summed E-state index contributed by atoms with van der Waals surface area (Å²) in [5.74, 6) is 0.745. The minimum absolute atomic E-state index is 0.0610. The number of nitrogens with one attached hydrogen (secondary N) is 1. The van der Waals surface area contributed by atoms with Crippen molar-refractivity contribution in [2.24, 2.45) is 0 Å². The summed E-state index contributed by atoms with van der Waals surface area (Å²) in [5.41, 5.74) is -0.789. The van der Waals surface area contributed by atoms with Crippen molar-refractivity contribution in [3.63, 3.8) is 0 Å². The van der Waals surface area contributed by atoms with Gasteiger partial charge >= 0.3 is 5.69 Å². The molecule has 0 saturated heterocycles. The van der Waals surface area contributed by atoms with Crippen molar-refractivity contribution >= 4 is 22.5 Å². The Morgan fingerprint density at radius 1 is 0.953 bits per heavy atom. The minimum atomic E-state index is -0.870. The summed E-state index contributed by atoms with van der Waals surface area (Å²) in [4.78, 5) is 43.9. The standard InChI is InChI=1S/C31H27FN4O7/c1-41-27-16-23-25(17-28(27)42-2)33-13-12-26(23)43-22-10-6-20(7-11-22)34-29(38)24-18-35(14-3-15-37)31(40)36(30(24)39)21-8-4-19(32)5-9-21/h4-13,16-18,37H,3,14-15H2,1-2H3,(H,34,38). The maximum Gasteiger partial charge on any atom is 0.335 e. The Hall–Kier alpha value is -5.49. The van der Waals surface area contributed by atoms with Crippen LogP contribution in [-0.2, 0) is 6.54 Å². The first-order valence-corrected chi connectivity index (χ1v) is 13.2. The molecule has 2 N–H and O–H groups in total. The predicted molar refractivity (Wildman–Crippen MR) is 157 cm³/mol. The Balaban J connectivity index is 1.41. The third kappa shape index (κ3) is 6.09. The van der Waals surface area contributed by atoms with Gasteiger partial charge in [-0.3, -0.25) is 19.1 Å². The number of amides is 1. The number of aliphatic hydroxyl groups excluding tert-OH is 1. The van der Waals surface area contributed by atoms with E-state index < -0.39 is 23.0 Å². The molecule has 2 aromatic heterocycles. The molecule has 11 nitrogen and oxygen atoms in total. The van der Waals surface area contributed by atoms with Gasteiger partial charge in [0.05, 0.1) is 25.4 Å². The Morgan fingerprint density at radius 2 is 1.65 bits per heavy atom. The zero-order valence-electron chi connectivity index (χ0n) is 23.2. The van der Waals surface area contributed by atoms with Gasteiger partial charge in [-0.25, -0.2) is 13.8 Å². The van der Waals surface area contributed by atoms with E-state index in [1.54, 1.807) is 55.8 Å². The van der Waals surface area contributed by atoms with Crippen molar-refractivity contribution in [2.45, 2.75) is 13.0 Å². The fraction of sp³-hybridized carbons (Fsp3) is 0.161. The van der Waals surface area contributed by atoms with Crippen LogP contribution in [0.5, 0.6) is 23.0 Å². The topological polar surface area (TPSA) is 134 Å². The number of benzene rings is 3. The molecule has 0 bridgehead atoms. The van der Waals surface area contributed by atoms with Crippen LogP contribution in [0.15, 0.2) is 88.7 Å². The van der Waals surface area contributed by atoms with Gasteiger partial charge in [-0.2, -0.15) is 0 Å². The van der Waals surface area contributed by atoms with Crippen LogP contribution in [0.1, 0.15) is 16.8 Å². The summed E-state index contributed by atoms with van der Waals surface area (Å²) in [5, 5.41) is 12.6. The highest BCUT2D eigenvalue weighted by Gasteiger charge is 2.19. The van der Waals surface area contributed by atoms with Gasteiger partial charge in [0.25, 0.3) is 11.5 Å². The molecule has 1 amide bonds. The maximum absolute atomic E-state index is 13.5. The monoisotopic (exact) mass is 586 g/mol. The van der Waals surface area contributed by atoms with Crippen molar-refractivity contribution in [3.05, 3.63) is 111 Å². The molecule has 5 rings (SSSR count). The lowest BCUT2D eigenvalue weighted by molar-refractivity contribution is 0.102. The molecule has 3 aromatic carbocycles. The number of aromatic nitrogens is 3. The number of hydrogen-bond acceptors (Lipinski definition) is 8. The van der Waals surface area contributed by atoms with E-state index in [0.717, 1.165) is 27.5 Å². The predicted octanol–water partition coefficient (Wildman–Crippen LogP) is 4.13. The Kier molecular flexibility index (Phi) is 8.49. The zero-order chi connectivity index (χ0) is 30.5. The zero-order valence-corrected chi connectivity index (χ0v) is 23.2. The highest BCUT2D eigenvalue weighted by molar-refractivity contribution is 6.03. The summed E-state index contributed by atoms with van der Waals surface area (Å²) in [6.07, 6.45) is 2.99. The SMILES string of the molecule is COc1cc2nccc(Oc3ccc(NC(=O)c4cn(CCCO)c(=O)n(-c5ccc(F)cc5)c4=O)cc3)c2cc1OC. The number of pyridine rings is 1. The van der Waals surface area contributed by atoms with E-state index in [-0.39, 0.29) is 30.8 Å². The number of rotatable bonds is 10. The molecular formula is C31H27FN4O7. The molecule has 5 aromatic rings. The van der Waals surface area contributed by atoms with E-state index in [9.17, 15) is 23.9 Å². The van der Waals surface area contributed by atoms with Crippen molar-refractivity contribution in [3.8, 4) is 28.7 Å². The van der Waals surface area contributed by atoms with Gasteiger partial charge in [-0.05, 0) is 67.1 Å². The molecule has 0 atom stereocenters. The molecule has 0 fully saturated rings. The summed E-state index contributed by atoms with van der Waals surface area (Å²) in [7, 11) is 3.08. The Labute approximate surface area is 244 Å². The Morgan fingerprint density at radius 3 is 2.33 bits per heavy atom. The molecule has 0 aliphatic rings. The number of aliphatic hydroxyl groups is 1. The molecule has 0 saturated carbocycles. The van der Waals surface area contributed by atoms with Gasteiger partial charge < -0.3 is 24.6 Å². The van der Waals surface area contributed by atoms with E-state index in [1.165, 1.54) is 19.2 Å². The van der Waals surface area contributed by atoms with Crippen molar-refractivity contribution in [1.82, 2.24) is 14.1 Å². The average Bonchev–Trinajstić information content (AvgIpc) is 3.02. The van der Waals surface area contributed by atoms with Crippen LogP contribution in [0.25, 0.3) is 16.6 Å². The first-order valence-electron chi connectivity index (χ1n) is 13.2. The molecule has 12 heteroatoms. The van der Waals surface area contributed by atoms with E-state index >= 15 is 0 Å². The lowest BCUT2D eigenvalue weighted by Crippen LogP contribution is -2.42. The third-order valence-electron chi connectivity index (χ3n) is 6.59. The first-order chi connectivity index (χ1) is 20.8. The summed E-state index contributed by atoms with van der Waals surface area (Å²) in [6, 6.07) is 16.5. The lowest BCUT2D eigenvalue weighted by Gasteiger charge is -2.14. The highest BCUT2D eigenvalue weighted by atomic mass is 19.1. The number of carbonyl (C=O) groups excluding carboxylic acids is 1. The van der Waals surface area contributed by atoms with E-state index in [4.69, 9.17) is 14.2 Å². The number of fused-ring (bicyclic) bond motifs is 1. The minimum Gasteiger partial charge on any atom is -0.493 e. The van der Waals surface area contributed by atoms with Crippen molar-refractivity contribution in [2.75, 3.05) is 26.1 Å². The van der Waals surface area contributed by atoms with Crippen LogP contribution in [0.2, 0.25) is 0 Å². The van der Waals surface area contributed by atoms with Gasteiger partial charge in [-0.15, -0.1) is 0 Å². The molecule has 0 aliphatic heterocycles. The smallest absolute Gasteiger partial charge is 0.335 e. The van der Waals surface area contributed by atoms with Gasteiger partial charge in [0.2, 0.25) is 0 Å². The quantitative estimate of drug-likeness (QED) is 0.250. The van der Waals surface area contributed by atoms with Gasteiger partial charge in [-0.1, -0.05) is 0 Å². The largest absolute Gasteiger partial charge is 0.493 e. The molecule has 0 radical (unpaired) electrons. The number of methoxy groups -OCH3 is 2. The molecule has 220 valence electrons. The number of anilines is 1. The summed E-state index contributed by atoms with van der Waals surface area (Å²) in [6.45, 7) is -0.138. The van der Waals surface area contributed by atoms with Crippen molar-refractivity contribution in [1.29, 1.82) is 0 Å². The van der Waals surface area contributed by atoms with E-state index in [1.807, 2.05) is 0 Å². The normalized spacial score (nSPS) is 10.9. The van der Waals surface area contributed by atoms with Crippen molar-refractivity contribution < 1.29 is 28.5 Å². The van der Waals surface area contributed by atoms with Crippen LogP contribution in [0, 0.1) is 5.82 Å². The summed E-state index contributed by atoms with van der Waals surface area (Å²) < 4.78 is 32.3. The molecule has 2 heterocycles. The fourth-order valence-electron chi connectivity index (χ4n) is 4.45. The molecular weight excluding hydrogens is 559 g/mol. The molecule has 0 aliphatic carbocycles. The number of nitrogens with zero attached hydrogens (tertiary/aromatic N) is 3. The average molecular weight is 587 g/mol. The van der Waals surface area contributed by atoms with Crippen LogP contribution < -0.4 is 30.8 Å². The van der Waals surface area contributed by atoms with Gasteiger partial charge in [0.15, 0.2) is 11.5 Å². The number of halogens is 1. The number of ether oxygens (including phenoxy) is 3. The number of carbonyl (C=O) groups is 1. The lowest BCUT2D eigenvalue weighted by atomic mass is 10.2. The van der Waals surface area contributed by atoms with E-state index in [2.05, 4.69) is 10.3 Å². The second kappa shape index (κ2) is 12.6. The van der Waals surface area contributed by atoms with Gasteiger partial charge in [0.1, 0.15) is 22.9 Å². The fourth-order valence-corrected chi connectivity index (χ4v) is 4.45. The third-order valence-corrected chi connectivity index (χ3v) is 6.59. The maximum atomic E-state index is 13.5. The number of aryl methyl sites for hydroxylation is 1. The van der Waals surface area contributed by atoms with Crippen LogP contribution in [-0.4, -0.2) is 46.0 Å². The Bertz CT molecular complexity index is 1900. The van der Waals surface area contributed by atoms with Crippen LogP contribution >= 0.6 is 0 Å². The molecule has 43 heavy (non-hydrogen) atoms. The second-order valence-electron chi connectivity index (χ2n) is 9.33. The number of hydrogen-bond donors (Lipinski definition) is 2. The highest BCUT2D eigenvalue weighted by Crippen LogP contribution is 2.37. The second-order valence-corrected chi connectivity index (χ2v) is 9.33. The van der Waals surface area contributed by atoms with Crippen LogP contribution in [0.3, 0.4) is 0 Å². The van der Waals surface area contributed by atoms with E-state index in [0.29, 0.717) is 39.6 Å². The molecule has 0 unspecified atom stereocenters. The summed E-state index contributed by atoms with van der Waals surface area (Å²) >= 11 is 0. The first kappa shape index (κ1) is 29.0. The van der Waals surface area contributed by atoms with Crippen LogP contribution in [0.4, 0.5) is 10.1 Å². The molecule has 0 spiro atoms.